The fourth-order valence-electron chi connectivity index (χ4n) is 5.85. The van der Waals surface area contributed by atoms with Crippen molar-refractivity contribution in [3.8, 4) is 0 Å². The number of esters is 3. The number of carbonyl (C=O) groups excluding carboxylic acids is 3. The van der Waals surface area contributed by atoms with Gasteiger partial charge in [0.05, 0.1) is 6.61 Å². The molecule has 0 aliphatic carbocycles. The third-order valence-electron chi connectivity index (χ3n) is 8.80. The van der Waals surface area contributed by atoms with Crippen LogP contribution in [-0.4, -0.2) is 107 Å². The second kappa shape index (κ2) is 48.1. The zero-order chi connectivity index (χ0) is 32.9. The average Bonchev–Trinajstić information content (AvgIpc) is 3.03. The monoisotopic (exact) mass is 709 g/mol. The summed E-state index contributed by atoms with van der Waals surface area (Å²) >= 11 is 0. The Morgan fingerprint density at radius 3 is 1.00 bits per heavy atom. The normalized spacial score (nSPS) is 10.6. The molecule has 272 valence electrons. The van der Waals surface area contributed by atoms with E-state index < -0.39 is 17.9 Å². The molecule has 0 atom stereocenters. The maximum absolute atomic E-state index is 11.9. The van der Waals surface area contributed by atoms with Crippen molar-refractivity contribution in [1.29, 1.82) is 0 Å². The molecule has 0 aromatic carbocycles. The van der Waals surface area contributed by atoms with Gasteiger partial charge in [-0.1, -0.05) is 200 Å². The fraction of sp³-hybridized carbons (Fsp3) is 0.875. The van der Waals surface area contributed by atoms with Crippen LogP contribution in [0, 0.1) is 0 Å². The molecule has 0 aromatic rings. The summed E-state index contributed by atoms with van der Waals surface area (Å²) in [5, 5.41) is 0. The molecule has 48 heavy (non-hydrogen) atoms. The standard InChI is InChI=1S/C40H74O5.Mg.2Na.4H/c1-3-5-7-9-11-13-15-17-19-21-23-25-27-29-31-33-37-44-38(41)35-36-40(43)45-39(42)34-32-30-28-26-24-22-20-18-16-14-12-10-8-6-4-2;;;;;;;/h35-36H,3-34,37H2,1-2H3;;;;;;;/b36-35+;;;;;;;. The number of hydrogen-bond acceptors (Lipinski definition) is 5. The number of ether oxygens (including phenoxy) is 2. The molecule has 0 radical (unpaired) electrons. The van der Waals surface area contributed by atoms with Crippen LogP contribution in [0.25, 0.3) is 0 Å². The third kappa shape index (κ3) is 47.1. The zero-order valence-corrected chi connectivity index (χ0v) is 30.0. The van der Waals surface area contributed by atoms with Gasteiger partial charge < -0.3 is 9.47 Å². The van der Waals surface area contributed by atoms with Crippen molar-refractivity contribution in [2.24, 2.45) is 0 Å². The van der Waals surface area contributed by atoms with E-state index in [0.29, 0.717) is 6.61 Å². The molecule has 0 amide bonds. The first-order chi connectivity index (χ1) is 22.1. The van der Waals surface area contributed by atoms with Gasteiger partial charge in [0.2, 0.25) is 0 Å². The topological polar surface area (TPSA) is 69.7 Å². The van der Waals surface area contributed by atoms with Gasteiger partial charge in [0.15, 0.2) is 0 Å². The molecule has 0 N–H and O–H groups in total. The van der Waals surface area contributed by atoms with Gasteiger partial charge in [-0.15, -0.1) is 0 Å². The Bertz CT molecular complexity index is 705. The van der Waals surface area contributed by atoms with Crippen LogP contribution < -0.4 is 0 Å². The molecule has 0 bridgehead atoms. The first-order valence-corrected chi connectivity index (χ1v) is 19.7. The fourth-order valence-corrected chi connectivity index (χ4v) is 5.85. The predicted molar refractivity (Wildman–Crippen MR) is 213 cm³/mol. The molecule has 0 saturated heterocycles. The van der Waals surface area contributed by atoms with Crippen molar-refractivity contribution in [1.82, 2.24) is 0 Å². The van der Waals surface area contributed by atoms with Crippen LogP contribution in [0.15, 0.2) is 12.2 Å². The maximum atomic E-state index is 11.9. The molecule has 0 fully saturated rings. The van der Waals surface area contributed by atoms with E-state index >= 15 is 0 Å². The summed E-state index contributed by atoms with van der Waals surface area (Å²) in [6.45, 7) is 4.89. The first-order valence-electron chi connectivity index (χ1n) is 19.7. The van der Waals surface area contributed by atoms with Crippen LogP contribution in [0.3, 0.4) is 0 Å². The summed E-state index contributed by atoms with van der Waals surface area (Å²) in [4.78, 5) is 35.5. The van der Waals surface area contributed by atoms with Crippen LogP contribution in [0.4, 0.5) is 0 Å². The Balaban J connectivity index is -0.00000323. The molecule has 0 heterocycles. The van der Waals surface area contributed by atoms with Crippen LogP contribution >= 0.6 is 0 Å². The van der Waals surface area contributed by atoms with Crippen molar-refractivity contribution in [3.05, 3.63) is 12.2 Å². The molecule has 8 heteroatoms. The predicted octanol–water partition coefficient (Wildman–Crippen LogP) is 10.5. The molecule has 0 saturated carbocycles. The second-order valence-corrected chi connectivity index (χ2v) is 13.3. The van der Waals surface area contributed by atoms with Crippen molar-refractivity contribution >= 4 is 100 Å². The number of hydrogen-bond donors (Lipinski definition) is 0. The van der Waals surface area contributed by atoms with E-state index in [1.165, 1.54) is 167 Å². The molecule has 0 rings (SSSR count). The molecule has 0 aromatic heterocycles. The molecular formula is C40H78MgNa2O5. The second-order valence-electron chi connectivity index (χ2n) is 13.3. The van der Waals surface area contributed by atoms with Gasteiger partial charge in [-0.3, -0.25) is 4.79 Å². The number of carbonyl (C=O) groups is 3. The van der Waals surface area contributed by atoms with E-state index in [2.05, 4.69) is 13.8 Å². The summed E-state index contributed by atoms with van der Waals surface area (Å²) in [7, 11) is 0. The van der Waals surface area contributed by atoms with Crippen molar-refractivity contribution in [2.45, 2.75) is 219 Å². The quantitative estimate of drug-likeness (QED) is 0.0215. The van der Waals surface area contributed by atoms with Gasteiger partial charge in [0.1, 0.15) is 0 Å². The van der Waals surface area contributed by atoms with Gasteiger partial charge in [-0.25, -0.2) is 9.59 Å². The minimum absolute atomic E-state index is 0. The van der Waals surface area contributed by atoms with E-state index in [0.717, 1.165) is 44.3 Å². The Kier molecular flexibility index (Phi) is 56.0. The van der Waals surface area contributed by atoms with Crippen molar-refractivity contribution in [3.63, 3.8) is 0 Å². The molecular weight excluding hydrogens is 631 g/mol. The Morgan fingerprint density at radius 2 is 0.667 bits per heavy atom. The minimum atomic E-state index is -0.805. The summed E-state index contributed by atoms with van der Waals surface area (Å²) in [6.07, 6.45) is 42.0. The van der Waals surface area contributed by atoms with Crippen molar-refractivity contribution in [2.75, 3.05) is 6.61 Å². The molecule has 0 aliphatic rings. The number of rotatable bonds is 35. The Hall–Kier alpha value is 1.12. The van der Waals surface area contributed by atoms with Gasteiger partial charge in [-0.05, 0) is 12.8 Å². The average molecular weight is 709 g/mol. The Labute approximate surface area is 358 Å². The van der Waals surface area contributed by atoms with Gasteiger partial charge in [0, 0.05) is 18.6 Å². The number of unbranched alkanes of at least 4 members (excludes halogenated alkanes) is 29. The molecule has 5 nitrogen and oxygen atoms in total. The Morgan fingerprint density at radius 1 is 0.396 bits per heavy atom. The van der Waals surface area contributed by atoms with Crippen LogP contribution in [0.2, 0.25) is 0 Å². The van der Waals surface area contributed by atoms with Gasteiger partial charge >= 0.3 is 100 Å². The van der Waals surface area contributed by atoms with Crippen LogP contribution in [0.1, 0.15) is 219 Å². The van der Waals surface area contributed by atoms with Crippen molar-refractivity contribution < 1.29 is 23.9 Å². The van der Waals surface area contributed by atoms with E-state index in [4.69, 9.17) is 9.47 Å². The summed E-state index contributed by atoms with van der Waals surface area (Å²) in [5.41, 5.74) is 0. The van der Waals surface area contributed by atoms with E-state index in [1.54, 1.807) is 0 Å². The third-order valence-corrected chi connectivity index (χ3v) is 8.80. The first kappa shape index (κ1) is 55.9. The van der Waals surface area contributed by atoms with Gasteiger partial charge in [-0.2, -0.15) is 0 Å². The van der Waals surface area contributed by atoms with Gasteiger partial charge in [0.25, 0.3) is 0 Å². The molecule has 0 unspecified atom stereocenters. The summed E-state index contributed by atoms with van der Waals surface area (Å²) < 4.78 is 9.94. The molecule has 0 spiro atoms. The van der Waals surface area contributed by atoms with Crippen LogP contribution in [0.5, 0.6) is 0 Å². The van der Waals surface area contributed by atoms with Crippen LogP contribution in [-0.2, 0) is 23.9 Å². The van der Waals surface area contributed by atoms with E-state index in [1.807, 2.05) is 0 Å². The molecule has 0 aliphatic heterocycles. The van der Waals surface area contributed by atoms with E-state index in [-0.39, 0.29) is 88.6 Å². The summed E-state index contributed by atoms with van der Waals surface area (Å²) in [6, 6.07) is 0. The van der Waals surface area contributed by atoms with E-state index in [9.17, 15) is 14.4 Å². The SMILES string of the molecule is CCCCCCCCCCCCCCCCCCOC(=O)/C=C/C(=O)OC(=O)CCCCCCCCCCCCCCCCC.[MgH2].[NaH].[NaH]. The zero-order valence-electron chi connectivity index (χ0n) is 30.0. The summed E-state index contributed by atoms with van der Waals surface area (Å²) in [5.74, 6) is -1.90.